The van der Waals surface area contributed by atoms with E-state index in [4.69, 9.17) is 12.6 Å². The van der Waals surface area contributed by atoms with Gasteiger partial charge in [0.1, 0.15) is 0 Å². The number of nitrogens with zero attached hydrogens (tertiary/aromatic N) is 1. The van der Waals surface area contributed by atoms with Crippen LogP contribution in [-0.2, 0) is 6.32 Å². The third-order valence-corrected chi connectivity index (χ3v) is 1.39. The molecule has 62 valence electrons. The van der Waals surface area contributed by atoms with Crippen LogP contribution >= 0.6 is 0 Å². The Hall–Kier alpha value is -1.06. The summed E-state index contributed by atoms with van der Waals surface area (Å²) in [5.74, 6) is -0.234. The lowest BCUT2D eigenvalue weighted by molar-refractivity contribution is 0.320. The maximum atomic E-state index is 12.9. The molecule has 4 heteroatoms. The van der Waals surface area contributed by atoms with Crippen LogP contribution in [0.25, 0.3) is 0 Å². The van der Waals surface area contributed by atoms with E-state index < -0.39 is 5.82 Å². The van der Waals surface area contributed by atoms with E-state index >= 15 is 0 Å². The molecule has 1 heterocycles. The second-order valence-electron chi connectivity index (χ2n) is 2.24. The van der Waals surface area contributed by atoms with Gasteiger partial charge in [-0.25, -0.2) is 4.39 Å². The quantitative estimate of drug-likeness (QED) is 0.629. The zero-order valence-electron chi connectivity index (χ0n) is 6.88. The molecule has 0 N–H and O–H groups in total. The lowest BCUT2D eigenvalue weighted by Crippen LogP contribution is -1.98. The number of rotatable bonds is 3. The van der Waals surface area contributed by atoms with Crippen LogP contribution in [0.2, 0.25) is 0 Å². The molecule has 0 saturated carbocycles. The largest absolute Gasteiger partial charge is 0.491 e. The molecule has 0 atom stereocenters. The van der Waals surface area contributed by atoms with Gasteiger partial charge in [0, 0.05) is 11.8 Å². The van der Waals surface area contributed by atoms with Crippen molar-refractivity contribution in [1.29, 1.82) is 0 Å². The molecule has 0 saturated heterocycles. The van der Waals surface area contributed by atoms with Gasteiger partial charge in [-0.05, 0) is 13.2 Å². The van der Waals surface area contributed by atoms with Gasteiger partial charge in [-0.15, -0.1) is 0 Å². The monoisotopic (exact) mass is 165 g/mol. The van der Waals surface area contributed by atoms with Crippen LogP contribution in [0, 0.1) is 5.82 Å². The van der Waals surface area contributed by atoms with Gasteiger partial charge >= 0.3 is 0 Å². The van der Waals surface area contributed by atoms with E-state index in [2.05, 4.69) is 4.98 Å². The van der Waals surface area contributed by atoms with Crippen LogP contribution in [0.4, 0.5) is 4.39 Å². The SMILES string of the molecule is [B]Cc1cc(OCC)c(F)cn1. The van der Waals surface area contributed by atoms with Gasteiger partial charge < -0.3 is 4.74 Å². The van der Waals surface area contributed by atoms with Gasteiger partial charge in [0.05, 0.1) is 20.7 Å². The summed E-state index contributed by atoms with van der Waals surface area (Å²) in [5.41, 5.74) is 0.625. The first-order valence-corrected chi connectivity index (χ1v) is 3.75. The molecule has 12 heavy (non-hydrogen) atoms. The fourth-order valence-corrected chi connectivity index (χ4v) is 0.838. The lowest BCUT2D eigenvalue weighted by atomic mass is 10.0. The summed E-state index contributed by atoms with van der Waals surface area (Å²) in [6.07, 6.45) is 1.41. The van der Waals surface area contributed by atoms with E-state index in [1.165, 1.54) is 6.07 Å². The molecule has 0 aromatic carbocycles. The minimum absolute atomic E-state index is 0.216. The molecule has 1 rings (SSSR count). The molecule has 2 nitrogen and oxygen atoms in total. The summed E-state index contributed by atoms with van der Waals surface area (Å²) in [5, 5.41) is 0. The zero-order chi connectivity index (χ0) is 8.97. The molecular formula is C8H9BFNO. The summed E-state index contributed by atoms with van der Waals surface area (Å²) in [6, 6.07) is 1.51. The van der Waals surface area contributed by atoms with E-state index in [-0.39, 0.29) is 5.75 Å². The number of hydrogen-bond acceptors (Lipinski definition) is 2. The Balaban J connectivity index is 2.91. The fraction of sp³-hybridized carbons (Fsp3) is 0.375. The van der Waals surface area contributed by atoms with Crippen molar-refractivity contribution in [3.05, 3.63) is 23.8 Å². The van der Waals surface area contributed by atoms with Crippen LogP contribution in [-0.4, -0.2) is 19.4 Å². The van der Waals surface area contributed by atoms with Crippen molar-refractivity contribution in [3.63, 3.8) is 0 Å². The van der Waals surface area contributed by atoms with Crippen LogP contribution < -0.4 is 4.74 Å². The summed E-state index contributed by atoms with van der Waals surface area (Å²) < 4.78 is 17.9. The molecule has 0 aliphatic heterocycles. The smallest absolute Gasteiger partial charge is 0.183 e. The van der Waals surface area contributed by atoms with Crippen molar-refractivity contribution in [3.8, 4) is 5.75 Å². The molecule has 0 fully saturated rings. The number of ether oxygens (including phenoxy) is 1. The molecule has 2 radical (unpaired) electrons. The van der Waals surface area contributed by atoms with Crippen molar-refractivity contribution < 1.29 is 9.13 Å². The highest BCUT2D eigenvalue weighted by atomic mass is 19.1. The van der Waals surface area contributed by atoms with Crippen LogP contribution in [0.15, 0.2) is 12.3 Å². The Bertz CT molecular complexity index is 267. The summed E-state index contributed by atoms with van der Waals surface area (Å²) >= 11 is 0. The van der Waals surface area contributed by atoms with E-state index in [1.54, 1.807) is 6.92 Å². The predicted octanol–water partition coefficient (Wildman–Crippen LogP) is 1.29. The molecule has 1 aromatic heterocycles. The Kier molecular flexibility index (Phi) is 3.08. The number of halogens is 1. The van der Waals surface area contributed by atoms with Crippen molar-refractivity contribution in [1.82, 2.24) is 4.98 Å². The normalized spacial score (nSPS) is 9.83. The minimum atomic E-state index is -0.450. The van der Waals surface area contributed by atoms with Gasteiger partial charge in [-0.1, -0.05) is 0 Å². The van der Waals surface area contributed by atoms with Gasteiger partial charge in [-0.2, -0.15) is 0 Å². The van der Waals surface area contributed by atoms with Crippen LogP contribution in [0.5, 0.6) is 5.75 Å². The average Bonchev–Trinajstić information content (AvgIpc) is 2.09. The molecule has 0 unspecified atom stereocenters. The highest BCUT2D eigenvalue weighted by molar-refractivity contribution is 6.08. The molecule has 0 aliphatic carbocycles. The molecule has 0 spiro atoms. The highest BCUT2D eigenvalue weighted by Crippen LogP contribution is 2.16. The Labute approximate surface area is 72.2 Å². The summed E-state index contributed by atoms with van der Waals surface area (Å²) in [7, 11) is 5.32. The molecule has 0 amide bonds. The Morgan fingerprint density at radius 1 is 1.67 bits per heavy atom. The Morgan fingerprint density at radius 3 is 3.00 bits per heavy atom. The number of aromatic nitrogens is 1. The molecular weight excluding hydrogens is 156 g/mol. The van der Waals surface area contributed by atoms with Gasteiger partial charge in [0.25, 0.3) is 0 Å². The summed E-state index contributed by atoms with van der Waals surface area (Å²) in [4.78, 5) is 3.76. The van der Waals surface area contributed by atoms with Crippen molar-refractivity contribution >= 4 is 7.85 Å². The maximum absolute atomic E-state index is 12.9. The molecule has 0 aliphatic rings. The second-order valence-corrected chi connectivity index (χ2v) is 2.24. The first kappa shape index (κ1) is 9.04. The Morgan fingerprint density at radius 2 is 2.42 bits per heavy atom. The van der Waals surface area contributed by atoms with Crippen LogP contribution in [0.3, 0.4) is 0 Å². The topological polar surface area (TPSA) is 22.1 Å². The number of pyridine rings is 1. The zero-order valence-corrected chi connectivity index (χ0v) is 6.88. The second kappa shape index (κ2) is 4.09. The van der Waals surface area contributed by atoms with E-state index in [0.29, 0.717) is 18.6 Å². The average molecular weight is 165 g/mol. The fourth-order valence-electron chi connectivity index (χ4n) is 0.838. The number of hydrogen-bond donors (Lipinski definition) is 0. The lowest BCUT2D eigenvalue weighted by Gasteiger charge is -2.04. The standard InChI is InChI=1S/C8H9BFNO/c1-2-12-8-3-6(4-9)11-5-7(8)10/h3,5H,2,4H2,1H3. The van der Waals surface area contributed by atoms with E-state index in [1.807, 2.05) is 0 Å². The van der Waals surface area contributed by atoms with Gasteiger partial charge in [-0.3, -0.25) is 4.98 Å². The third kappa shape index (κ3) is 1.97. The van der Waals surface area contributed by atoms with Crippen LogP contribution in [0.1, 0.15) is 12.6 Å². The van der Waals surface area contributed by atoms with Gasteiger partial charge in [0.2, 0.25) is 0 Å². The predicted molar refractivity (Wildman–Crippen MR) is 44.8 cm³/mol. The first-order chi connectivity index (χ1) is 5.77. The highest BCUT2D eigenvalue weighted by Gasteiger charge is 2.03. The first-order valence-electron chi connectivity index (χ1n) is 3.75. The maximum Gasteiger partial charge on any atom is 0.183 e. The minimum Gasteiger partial charge on any atom is -0.491 e. The van der Waals surface area contributed by atoms with Crippen molar-refractivity contribution in [2.75, 3.05) is 6.61 Å². The molecule has 1 aromatic rings. The third-order valence-electron chi connectivity index (χ3n) is 1.39. The van der Waals surface area contributed by atoms with Crippen molar-refractivity contribution in [2.24, 2.45) is 0 Å². The van der Waals surface area contributed by atoms with E-state index in [9.17, 15) is 4.39 Å². The summed E-state index contributed by atoms with van der Waals surface area (Å²) in [6.45, 7) is 2.23. The molecule has 0 bridgehead atoms. The van der Waals surface area contributed by atoms with Crippen molar-refractivity contribution in [2.45, 2.75) is 13.2 Å². The van der Waals surface area contributed by atoms with E-state index in [0.717, 1.165) is 6.20 Å². The van der Waals surface area contributed by atoms with Gasteiger partial charge in [0.15, 0.2) is 11.6 Å².